The third kappa shape index (κ3) is 3.90. The fourth-order valence-electron chi connectivity index (χ4n) is 2.62. The van der Waals surface area contributed by atoms with Gasteiger partial charge in [-0.2, -0.15) is 4.98 Å². The first-order valence-corrected chi connectivity index (χ1v) is 7.42. The zero-order chi connectivity index (χ0) is 14.5. The van der Waals surface area contributed by atoms with Crippen LogP contribution < -0.4 is 10.6 Å². The maximum Gasteiger partial charge on any atom is 0.229 e. The zero-order valence-electron chi connectivity index (χ0n) is 11.8. The number of anilines is 3. The van der Waals surface area contributed by atoms with Gasteiger partial charge in [-0.25, -0.2) is 9.37 Å². The molecule has 1 saturated carbocycles. The molecular weight excluding hydrogens is 267 g/mol. The highest BCUT2D eigenvalue weighted by Crippen LogP contribution is 2.21. The third-order valence-electron chi connectivity index (χ3n) is 3.71. The summed E-state index contributed by atoms with van der Waals surface area (Å²) in [6.45, 7) is 0. The van der Waals surface area contributed by atoms with E-state index in [-0.39, 0.29) is 5.82 Å². The van der Waals surface area contributed by atoms with E-state index in [0.717, 1.165) is 11.5 Å². The molecule has 0 unspecified atom stereocenters. The minimum absolute atomic E-state index is 0.255. The Morgan fingerprint density at radius 2 is 1.76 bits per heavy atom. The first-order chi connectivity index (χ1) is 10.3. The van der Waals surface area contributed by atoms with Gasteiger partial charge in [0.15, 0.2) is 0 Å². The van der Waals surface area contributed by atoms with Crippen molar-refractivity contribution in [3.63, 3.8) is 0 Å². The number of rotatable bonds is 4. The van der Waals surface area contributed by atoms with E-state index >= 15 is 0 Å². The van der Waals surface area contributed by atoms with Crippen molar-refractivity contribution in [1.82, 2.24) is 9.97 Å². The van der Waals surface area contributed by atoms with Gasteiger partial charge in [-0.1, -0.05) is 19.3 Å². The highest BCUT2D eigenvalue weighted by atomic mass is 19.1. The lowest BCUT2D eigenvalue weighted by Gasteiger charge is -2.23. The number of hydrogen-bond donors (Lipinski definition) is 2. The number of halogens is 1. The summed E-state index contributed by atoms with van der Waals surface area (Å²) in [6.07, 6.45) is 8.02. The van der Waals surface area contributed by atoms with Gasteiger partial charge in [0.25, 0.3) is 0 Å². The fourth-order valence-corrected chi connectivity index (χ4v) is 2.62. The number of hydrogen-bond acceptors (Lipinski definition) is 4. The molecule has 0 bridgehead atoms. The van der Waals surface area contributed by atoms with Crippen LogP contribution in [0.1, 0.15) is 32.1 Å². The van der Waals surface area contributed by atoms with Crippen LogP contribution in [-0.2, 0) is 0 Å². The molecule has 2 N–H and O–H groups in total. The third-order valence-corrected chi connectivity index (χ3v) is 3.71. The molecular formula is C16H19FN4. The lowest BCUT2D eigenvalue weighted by atomic mass is 9.95. The van der Waals surface area contributed by atoms with Crippen LogP contribution in [-0.4, -0.2) is 16.0 Å². The molecule has 1 heterocycles. The second-order valence-corrected chi connectivity index (χ2v) is 5.38. The number of nitrogens with one attached hydrogen (secondary N) is 2. The van der Waals surface area contributed by atoms with Gasteiger partial charge in [-0.3, -0.25) is 0 Å². The van der Waals surface area contributed by atoms with E-state index in [0.29, 0.717) is 12.0 Å². The van der Waals surface area contributed by atoms with Gasteiger partial charge < -0.3 is 10.6 Å². The van der Waals surface area contributed by atoms with Crippen LogP contribution in [0.15, 0.2) is 36.5 Å². The SMILES string of the molecule is Fc1ccc(Nc2nccc(NC3CCCCC3)n2)cc1. The molecule has 110 valence electrons. The van der Waals surface area contributed by atoms with Crippen LogP contribution in [0.25, 0.3) is 0 Å². The maximum absolute atomic E-state index is 12.9. The molecule has 0 amide bonds. The van der Waals surface area contributed by atoms with Gasteiger partial charge >= 0.3 is 0 Å². The van der Waals surface area contributed by atoms with Crippen molar-refractivity contribution in [3.8, 4) is 0 Å². The van der Waals surface area contributed by atoms with Crippen molar-refractivity contribution in [2.75, 3.05) is 10.6 Å². The number of nitrogens with zero attached hydrogens (tertiary/aromatic N) is 2. The van der Waals surface area contributed by atoms with Crippen molar-refractivity contribution in [2.24, 2.45) is 0 Å². The normalized spacial score (nSPS) is 15.7. The predicted octanol–water partition coefficient (Wildman–Crippen LogP) is 4.10. The summed E-state index contributed by atoms with van der Waals surface area (Å²) >= 11 is 0. The van der Waals surface area contributed by atoms with E-state index in [1.165, 1.54) is 44.2 Å². The van der Waals surface area contributed by atoms with Gasteiger partial charge in [0.1, 0.15) is 11.6 Å². The van der Waals surface area contributed by atoms with E-state index in [1.807, 2.05) is 6.07 Å². The molecule has 0 atom stereocenters. The highest BCUT2D eigenvalue weighted by molar-refractivity contribution is 5.54. The van der Waals surface area contributed by atoms with Gasteiger partial charge in [0, 0.05) is 17.9 Å². The Bertz CT molecular complexity index is 579. The Balaban J connectivity index is 1.66. The first-order valence-electron chi connectivity index (χ1n) is 7.42. The van der Waals surface area contributed by atoms with Gasteiger partial charge in [0.05, 0.1) is 0 Å². The molecule has 21 heavy (non-hydrogen) atoms. The molecule has 0 radical (unpaired) electrons. The fraction of sp³-hybridized carbons (Fsp3) is 0.375. The van der Waals surface area contributed by atoms with Gasteiger partial charge in [0.2, 0.25) is 5.95 Å². The molecule has 1 aliphatic rings. The average Bonchev–Trinajstić information content (AvgIpc) is 2.51. The molecule has 0 aliphatic heterocycles. The lowest BCUT2D eigenvalue weighted by Crippen LogP contribution is -2.22. The Labute approximate surface area is 123 Å². The molecule has 2 aromatic rings. The summed E-state index contributed by atoms with van der Waals surface area (Å²) in [5.74, 6) is 1.10. The van der Waals surface area contributed by atoms with Crippen LogP contribution >= 0.6 is 0 Å². The van der Waals surface area contributed by atoms with Crippen molar-refractivity contribution in [3.05, 3.63) is 42.3 Å². The molecule has 0 saturated heterocycles. The largest absolute Gasteiger partial charge is 0.367 e. The Morgan fingerprint density at radius 3 is 2.52 bits per heavy atom. The summed E-state index contributed by atoms with van der Waals surface area (Å²) in [7, 11) is 0. The summed E-state index contributed by atoms with van der Waals surface area (Å²) in [4.78, 5) is 8.65. The van der Waals surface area contributed by atoms with Crippen molar-refractivity contribution >= 4 is 17.5 Å². The maximum atomic E-state index is 12.9. The van der Waals surface area contributed by atoms with Crippen LogP contribution in [0.5, 0.6) is 0 Å². The van der Waals surface area contributed by atoms with Crippen LogP contribution in [0, 0.1) is 5.82 Å². The first kappa shape index (κ1) is 13.8. The molecule has 5 heteroatoms. The van der Waals surface area contributed by atoms with E-state index in [4.69, 9.17) is 0 Å². The van der Waals surface area contributed by atoms with Crippen molar-refractivity contribution < 1.29 is 4.39 Å². The second kappa shape index (κ2) is 6.52. The minimum atomic E-state index is -0.255. The van der Waals surface area contributed by atoms with Crippen LogP contribution in [0.3, 0.4) is 0 Å². The van der Waals surface area contributed by atoms with Crippen LogP contribution in [0.2, 0.25) is 0 Å². The highest BCUT2D eigenvalue weighted by Gasteiger charge is 2.13. The molecule has 3 rings (SSSR count). The molecule has 0 spiro atoms. The van der Waals surface area contributed by atoms with Gasteiger partial charge in [-0.05, 0) is 43.2 Å². The van der Waals surface area contributed by atoms with E-state index in [1.54, 1.807) is 18.3 Å². The van der Waals surface area contributed by atoms with Crippen molar-refractivity contribution in [2.45, 2.75) is 38.1 Å². The van der Waals surface area contributed by atoms with E-state index in [9.17, 15) is 4.39 Å². The van der Waals surface area contributed by atoms with E-state index in [2.05, 4.69) is 20.6 Å². The average molecular weight is 286 g/mol. The zero-order valence-corrected chi connectivity index (χ0v) is 11.8. The predicted molar refractivity (Wildman–Crippen MR) is 82.2 cm³/mol. The molecule has 1 aromatic heterocycles. The Kier molecular flexibility index (Phi) is 4.28. The summed E-state index contributed by atoms with van der Waals surface area (Å²) in [6, 6.07) is 8.54. The Morgan fingerprint density at radius 1 is 1.00 bits per heavy atom. The summed E-state index contributed by atoms with van der Waals surface area (Å²) in [5.41, 5.74) is 0.770. The topological polar surface area (TPSA) is 49.8 Å². The van der Waals surface area contributed by atoms with Gasteiger partial charge in [-0.15, -0.1) is 0 Å². The van der Waals surface area contributed by atoms with E-state index < -0.39 is 0 Å². The molecule has 1 aliphatic carbocycles. The van der Waals surface area contributed by atoms with Crippen molar-refractivity contribution in [1.29, 1.82) is 0 Å². The minimum Gasteiger partial charge on any atom is -0.367 e. The monoisotopic (exact) mass is 286 g/mol. The quantitative estimate of drug-likeness (QED) is 0.888. The second-order valence-electron chi connectivity index (χ2n) is 5.38. The molecule has 1 fully saturated rings. The number of benzene rings is 1. The smallest absolute Gasteiger partial charge is 0.229 e. The molecule has 4 nitrogen and oxygen atoms in total. The summed E-state index contributed by atoms with van der Waals surface area (Å²) in [5, 5.41) is 6.54. The standard InChI is InChI=1S/C16H19FN4/c17-12-6-8-14(9-7-12)20-16-18-11-10-15(21-16)19-13-4-2-1-3-5-13/h6-11,13H,1-5H2,(H2,18,19,20,21). The van der Waals surface area contributed by atoms with Crippen LogP contribution in [0.4, 0.5) is 21.8 Å². The molecule has 1 aromatic carbocycles. The number of aromatic nitrogens is 2. The lowest BCUT2D eigenvalue weighted by molar-refractivity contribution is 0.462. The summed E-state index contributed by atoms with van der Waals surface area (Å²) < 4.78 is 12.9. The Hall–Kier alpha value is -2.17.